The summed E-state index contributed by atoms with van der Waals surface area (Å²) in [6.07, 6.45) is 1.96. The summed E-state index contributed by atoms with van der Waals surface area (Å²) < 4.78 is 7.68. The summed E-state index contributed by atoms with van der Waals surface area (Å²) in [4.78, 5) is 39.7. The van der Waals surface area contributed by atoms with Gasteiger partial charge in [0.2, 0.25) is 5.75 Å². The van der Waals surface area contributed by atoms with Crippen LogP contribution >= 0.6 is 27.5 Å². The molecule has 13 heteroatoms. The molecular formula is C26H21BrClN5O6. The number of nitrogens with zero attached hydrogens (tertiary/aromatic N) is 5. The van der Waals surface area contributed by atoms with E-state index in [0.717, 1.165) is 6.07 Å². The average molecular weight is 615 g/mol. The largest absolute Gasteiger partial charge is 0.481 e. The smallest absolute Gasteiger partial charge is 0.313 e. The standard InChI is InChI=1S/C26H21BrClN5O6/c1-3-15(2)25-30-22-9-6-18(27)11-21(22)26(34)31(25)29-13-17-10-19(28)12-23(33(37)38)24(17)39-14-16-4-7-20(8-5-16)32(35)36/h4-13,15H,3,14H2,1-2H3/t15-/m1/s1. The van der Waals surface area contributed by atoms with E-state index in [1.165, 1.54) is 41.2 Å². The third-order valence-electron chi connectivity index (χ3n) is 5.99. The van der Waals surface area contributed by atoms with Gasteiger partial charge in [0.15, 0.2) is 0 Å². The SMILES string of the molecule is CC[C@@H](C)c1nc2ccc(Br)cc2c(=O)n1N=Cc1cc(Cl)cc([N+](=O)[O-])c1OCc1ccc([N+](=O)[O-])cc1. The van der Waals surface area contributed by atoms with Crippen LogP contribution in [0.15, 0.2) is 69.0 Å². The van der Waals surface area contributed by atoms with Crippen molar-refractivity contribution < 1.29 is 14.6 Å². The topological polar surface area (TPSA) is 143 Å². The number of fused-ring (bicyclic) bond motifs is 1. The van der Waals surface area contributed by atoms with Gasteiger partial charge in [-0.15, -0.1) is 0 Å². The molecule has 11 nitrogen and oxygen atoms in total. The maximum atomic E-state index is 13.4. The fraction of sp³-hybridized carbons (Fsp3) is 0.192. The van der Waals surface area contributed by atoms with Crippen molar-refractivity contribution in [3.05, 3.63) is 112 Å². The zero-order valence-electron chi connectivity index (χ0n) is 20.7. The van der Waals surface area contributed by atoms with E-state index in [1.807, 2.05) is 13.8 Å². The number of hydrogen-bond acceptors (Lipinski definition) is 8. The zero-order valence-corrected chi connectivity index (χ0v) is 23.0. The van der Waals surface area contributed by atoms with Gasteiger partial charge in [-0.3, -0.25) is 25.0 Å². The Morgan fingerprint density at radius 3 is 2.49 bits per heavy atom. The summed E-state index contributed by atoms with van der Waals surface area (Å²) >= 11 is 9.54. The molecule has 0 saturated carbocycles. The molecule has 4 rings (SSSR count). The molecule has 3 aromatic carbocycles. The van der Waals surface area contributed by atoms with Crippen molar-refractivity contribution >= 4 is 56.0 Å². The highest BCUT2D eigenvalue weighted by atomic mass is 79.9. The van der Waals surface area contributed by atoms with Crippen LogP contribution in [0.4, 0.5) is 11.4 Å². The Balaban J connectivity index is 1.80. The average Bonchev–Trinajstić information content (AvgIpc) is 2.91. The second kappa shape index (κ2) is 11.7. The zero-order chi connectivity index (χ0) is 28.3. The predicted octanol–water partition coefficient (Wildman–Crippen LogP) is 6.60. The highest BCUT2D eigenvalue weighted by Gasteiger charge is 2.22. The Labute approximate surface area is 235 Å². The van der Waals surface area contributed by atoms with Crippen molar-refractivity contribution in [2.45, 2.75) is 32.8 Å². The number of benzene rings is 3. The highest BCUT2D eigenvalue weighted by Crippen LogP contribution is 2.34. The molecule has 0 N–H and O–H groups in total. The second-order valence-electron chi connectivity index (χ2n) is 8.61. The van der Waals surface area contributed by atoms with E-state index in [4.69, 9.17) is 16.3 Å². The summed E-state index contributed by atoms with van der Waals surface area (Å²) in [6, 6.07) is 13.4. The van der Waals surface area contributed by atoms with Crippen LogP contribution in [0.2, 0.25) is 5.02 Å². The molecular weight excluding hydrogens is 594 g/mol. The molecule has 0 saturated heterocycles. The molecule has 0 radical (unpaired) electrons. The molecule has 1 atom stereocenters. The van der Waals surface area contributed by atoms with Crippen molar-refractivity contribution in [3.63, 3.8) is 0 Å². The number of ether oxygens (including phenoxy) is 1. The van der Waals surface area contributed by atoms with Gasteiger partial charge in [-0.25, -0.2) is 4.98 Å². The van der Waals surface area contributed by atoms with Crippen molar-refractivity contribution in [1.82, 2.24) is 9.66 Å². The Hall–Kier alpha value is -4.16. The Bertz CT molecular complexity index is 1670. The quantitative estimate of drug-likeness (QED) is 0.117. The number of nitro benzene ring substituents is 2. The number of rotatable bonds is 9. The lowest BCUT2D eigenvalue weighted by Gasteiger charge is -2.14. The van der Waals surface area contributed by atoms with Crippen LogP contribution in [-0.2, 0) is 6.61 Å². The van der Waals surface area contributed by atoms with E-state index in [-0.39, 0.29) is 34.5 Å². The number of hydrogen-bond donors (Lipinski definition) is 0. The Morgan fingerprint density at radius 2 is 1.85 bits per heavy atom. The minimum atomic E-state index is -0.639. The summed E-state index contributed by atoms with van der Waals surface area (Å²) in [6.45, 7) is 3.76. The van der Waals surface area contributed by atoms with Crippen LogP contribution in [0.5, 0.6) is 5.75 Å². The van der Waals surface area contributed by atoms with Crippen LogP contribution in [-0.4, -0.2) is 25.7 Å². The minimum absolute atomic E-state index is 0.0703. The van der Waals surface area contributed by atoms with Crippen molar-refractivity contribution in [2.24, 2.45) is 5.10 Å². The highest BCUT2D eigenvalue weighted by molar-refractivity contribution is 9.10. The van der Waals surface area contributed by atoms with Gasteiger partial charge in [0.05, 0.1) is 27.0 Å². The molecule has 4 aromatic rings. The van der Waals surface area contributed by atoms with Crippen LogP contribution in [0.1, 0.15) is 43.1 Å². The van der Waals surface area contributed by atoms with Crippen LogP contribution < -0.4 is 10.3 Å². The maximum absolute atomic E-state index is 13.4. The second-order valence-corrected chi connectivity index (χ2v) is 9.97. The monoisotopic (exact) mass is 613 g/mol. The van der Waals surface area contributed by atoms with E-state index in [2.05, 4.69) is 26.0 Å². The van der Waals surface area contributed by atoms with Gasteiger partial charge < -0.3 is 4.74 Å². The van der Waals surface area contributed by atoms with Gasteiger partial charge in [-0.2, -0.15) is 9.78 Å². The third kappa shape index (κ3) is 6.13. The summed E-state index contributed by atoms with van der Waals surface area (Å²) in [7, 11) is 0. The van der Waals surface area contributed by atoms with E-state index in [0.29, 0.717) is 33.2 Å². The van der Waals surface area contributed by atoms with E-state index in [1.54, 1.807) is 18.2 Å². The van der Waals surface area contributed by atoms with Gasteiger partial charge >= 0.3 is 5.69 Å². The number of nitro groups is 2. The molecule has 0 fully saturated rings. The first-order valence-corrected chi connectivity index (χ1v) is 12.9. The van der Waals surface area contributed by atoms with Crippen molar-refractivity contribution in [2.75, 3.05) is 0 Å². The normalized spacial score (nSPS) is 12.1. The minimum Gasteiger partial charge on any atom is -0.481 e. The molecule has 0 unspecified atom stereocenters. The molecule has 0 aliphatic rings. The van der Waals surface area contributed by atoms with Gasteiger partial charge in [-0.05, 0) is 48.4 Å². The predicted molar refractivity (Wildman–Crippen MR) is 151 cm³/mol. The number of halogens is 2. The van der Waals surface area contributed by atoms with Crippen LogP contribution in [0.25, 0.3) is 10.9 Å². The van der Waals surface area contributed by atoms with Crippen molar-refractivity contribution in [3.8, 4) is 5.75 Å². The van der Waals surface area contributed by atoms with E-state index >= 15 is 0 Å². The lowest BCUT2D eigenvalue weighted by Crippen LogP contribution is -2.23. The van der Waals surface area contributed by atoms with Crippen LogP contribution in [0, 0.1) is 20.2 Å². The third-order valence-corrected chi connectivity index (χ3v) is 6.70. The fourth-order valence-electron chi connectivity index (χ4n) is 3.76. The van der Waals surface area contributed by atoms with Gasteiger partial charge in [-0.1, -0.05) is 41.4 Å². The number of aromatic nitrogens is 2. The lowest BCUT2D eigenvalue weighted by atomic mass is 10.1. The van der Waals surface area contributed by atoms with Gasteiger partial charge in [0.25, 0.3) is 11.2 Å². The molecule has 39 heavy (non-hydrogen) atoms. The number of non-ortho nitro benzene ring substituents is 1. The molecule has 1 heterocycles. The van der Waals surface area contributed by atoms with Crippen molar-refractivity contribution in [1.29, 1.82) is 0 Å². The van der Waals surface area contributed by atoms with Gasteiger partial charge in [0, 0.05) is 39.2 Å². The molecule has 0 amide bonds. The molecule has 0 spiro atoms. The summed E-state index contributed by atoms with van der Waals surface area (Å²) in [5.41, 5.74) is 0.330. The first-order chi connectivity index (χ1) is 18.6. The Morgan fingerprint density at radius 1 is 1.13 bits per heavy atom. The Kier molecular flexibility index (Phi) is 8.36. The maximum Gasteiger partial charge on any atom is 0.313 e. The van der Waals surface area contributed by atoms with E-state index in [9.17, 15) is 25.0 Å². The summed E-state index contributed by atoms with van der Waals surface area (Å²) in [5, 5.41) is 27.5. The fourth-order valence-corrected chi connectivity index (χ4v) is 4.34. The van der Waals surface area contributed by atoms with Gasteiger partial charge in [0.1, 0.15) is 12.4 Å². The molecule has 0 aliphatic carbocycles. The molecule has 0 bridgehead atoms. The first kappa shape index (κ1) is 27.9. The van der Waals surface area contributed by atoms with Crippen LogP contribution in [0.3, 0.4) is 0 Å². The molecule has 0 aliphatic heterocycles. The lowest BCUT2D eigenvalue weighted by molar-refractivity contribution is -0.386. The van der Waals surface area contributed by atoms with E-state index < -0.39 is 21.1 Å². The summed E-state index contributed by atoms with van der Waals surface area (Å²) in [5.74, 6) is 0.189. The molecule has 200 valence electrons. The first-order valence-electron chi connectivity index (χ1n) is 11.7. The molecule has 1 aromatic heterocycles.